The van der Waals surface area contributed by atoms with Gasteiger partial charge in [-0.25, -0.2) is 4.57 Å². The molecule has 2 aromatic rings. The Kier molecular flexibility index (Phi) is 5.93. The summed E-state index contributed by atoms with van der Waals surface area (Å²) in [6, 6.07) is 14.5. The highest BCUT2D eigenvalue weighted by Gasteiger charge is 2.28. The van der Waals surface area contributed by atoms with Crippen LogP contribution < -0.4 is 9.05 Å². The second-order valence-corrected chi connectivity index (χ2v) is 7.51. The van der Waals surface area contributed by atoms with Gasteiger partial charge in [0.15, 0.2) is 0 Å². The van der Waals surface area contributed by atoms with Crippen LogP contribution in [0.25, 0.3) is 0 Å². The zero-order valence-electron chi connectivity index (χ0n) is 12.8. The van der Waals surface area contributed by atoms with Crippen LogP contribution in [0.3, 0.4) is 0 Å². The SMILES string of the molecule is CCCCP(=O)(Oc1ccccc1C)Oc1ccccc1Cl. The number of aryl methyl sites for hydroxylation is 1. The molecule has 5 heteroatoms. The fourth-order valence-corrected chi connectivity index (χ4v) is 4.05. The van der Waals surface area contributed by atoms with E-state index in [2.05, 4.69) is 0 Å². The first-order valence-corrected chi connectivity index (χ1v) is 9.43. The van der Waals surface area contributed by atoms with Crippen LogP contribution in [-0.2, 0) is 4.57 Å². The van der Waals surface area contributed by atoms with E-state index >= 15 is 0 Å². The lowest BCUT2D eigenvalue weighted by Crippen LogP contribution is -2.06. The monoisotopic (exact) mass is 338 g/mol. The first kappa shape index (κ1) is 16.9. The molecule has 0 aromatic heterocycles. The highest BCUT2D eigenvalue weighted by Crippen LogP contribution is 2.51. The summed E-state index contributed by atoms with van der Waals surface area (Å²) in [4.78, 5) is 0. The summed E-state index contributed by atoms with van der Waals surface area (Å²) in [5, 5.41) is 0.424. The summed E-state index contributed by atoms with van der Waals surface area (Å²) in [5.74, 6) is 0.964. The third-order valence-corrected chi connectivity index (χ3v) is 5.32. The van der Waals surface area contributed by atoms with E-state index in [0.717, 1.165) is 18.4 Å². The van der Waals surface area contributed by atoms with E-state index in [0.29, 0.717) is 22.7 Å². The Morgan fingerprint density at radius 3 is 2.23 bits per heavy atom. The molecule has 2 rings (SSSR count). The molecule has 0 radical (unpaired) electrons. The molecule has 3 nitrogen and oxygen atoms in total. The molecule has 0 aliphatic rings. The average molecular weight is 339 g/mol. The molecule has 0 N–H and O–H groups in total. The molecule has 0 spiro atoms. The fraction of sp³-hybridized carbons (Fsp3) is 0.294. The van der Waals surface area contributed by atoms with Crippen LogP contribution in [0.2, 0.25) is 5.02 Å². The van der Waals surface area contributed by atoms with Gasteiger partial charge in [0.25, 0.3) is 0 Å². The van der Waals surface area contributed by atoms with Gasteiger partial charge in [0, 0.05) is 0 Å². The standard InChI is InChI=1S/C17H20ClO3P/c1-3-4-13-22(19,20-16-11-7-5-9-14(16)2)21-17-12-8-6-10-15(17)18/h5-12H,3-4,13H2,1-2H3. The Hall–Kier alpha value is -1.44. The minimum atomic E-state index is -3.32. The Labute approximate surface area is 136 Å². The van der Waals surface area contributed by atoms with Gasteiger partial charge >= 0.3 is 7.60 Å². The van der Waals surface area contributed by atoms with E-state index in [1.165, 1.54) is 0 Å². The minimum Gasteiger partial charge on any atom is -0.416 e. The number of rotatable bonds is 7. The van der Waals surface area contributed by atoms with Crippen molar-refractivity contribution in [3.05, 3.63) is 59.1 Å². The molecule has 1 unspecified atom stereocenters. The summed E-state index contributed by atoms with van der Waals surface area (Å²) in [6.07, 6.45) is 2.02. The lowest BCUT2D eigenvalue weighted by molar-refractivity contribution is 0.383. The van der Waals surface area contributed by atoms with E-state index in [1.54, 1.807) is 30.3 Å². The number of unbranched alkanes of at least 4 members (excludes halogenated alkanes) is 1. The molecule has 0 saturated carbocycles. The topological polar surface area (TPSA) is 35.5 Å². The maximum absolute atomic E-state index is 13.1. The number of hydrogen-bond acceptors (Lipinski definition) is 3. The predicted molar refractivity (Wildman–Crippen MR) is 91.3 cm³/mol. The van der Waals surface area contributed by atoms with Gasteiger partial charge in [-0.05, 0) is 37.1 Å². The molecule has 118 valence electrons. The molecule has 0 heterocycles. The molecule has 22 heavy (non-hydrogen) atoms. The van der Waals surface area contributed by atoms with Crippen LogP contribution >= 0.6 is 19.2 Å². The second kappa shape index (κ2) is 7.71. The van der Waals surface area contributed by atoms with Crippen molar-refractivity contribution in [3.63, 3.8) is 0 Å². The lowest BCUT2D eigenvalue weighted by Gasteiger charge is -2.21. The summed E-state index contributed by atoms with van der Waals surface area (Å²) in [7, 11) is -3.32. The third-order valence-electron chi connectivity index (χ3n) is 3.19. The normalized spacial score (nSPS) is 13.4. The summed E-state index contributed by atoms with van der Waals surface area (Å²) < 4.78 is 24.6. The van der Waals surface area contributed by atoms with Crippen molar-refractivity contribution < 1.29 is 13.6 Å². The molecule has 0 aliphatic heterocycles. The molecular formula is C17H20ClO3P. The van der Waals surface area contributed by atoms with Gasteiger partial charge in [0.05, 0.1) is 11.2 Å². The maximum atomic E-state index is 13.1. The van der Waals surface area contributed by atoms with E-state index in [-0.39, 0.29) is 0 Å². The third kappa shape index (κ3) is 4.53. The smallest absolute Gasteiger partial charge is 0.416 e. The van der Waals surface area contributed by atoms with Crippen molar-refractivity contribution in [2.75, 3.05) is 6.16 Å². The van der Waals surface area contributed by atoms with Crippen molar-refractivity contribution in [3.8, 4) is 11.5 Å². The van der Waals surface area contributed by atoms with Crippen molar-refractivity contribution in [1.29, 1.82) is 0 Å². The highest BCUT2D eigenvalue weighted by molar-refractivity contribution is 7.54. The number of halogens is 1. The molecule has 0 saturated heterocycles. The lowest BCUT2D eigenvalue weighted by atomic mass is 10.2. The van der Waals surface area contributed by atoms with E-state index in [4.69, 9.17) is 20.6 Å². The first-order chi connectivity index (χ1) is 10.5. The summed E-state index contributed by atoms with van der Waals surface area (Å²) in [6.45, 7) is 3.95. The van der Waals surface area contributed by atoms with Gasteiger partial charge in [-0.3, -0.25) is 0 Å². The Morgan fingerprint density at radius 1 is 1.00 bits per heavy atom. The van der Waals surface area contributed by atoms with Crippen molar-refractivity contribution in [1.82, 2.24) is 0 Å². The minimum absolute atomic E-state index is 0.350. The van der Waals surface area contributed by atoms with Crippen molar-refractivity contribution in [2.24, 2.45) is 0 Å². The maximum Gasteiger partial charge on any atom is 0.430 e. The average Bonchev–Trinajstić information content (AvgIpc) is 2.50. The summed E-state index contributed by atoms with van der Waals surface area (Å²) in [5.41, 5.74) is 0.919. The van der Waals surface area contributed by atoms with Gasteiger partial charge in [0.1, 0.15) is 11.5 Å². The number of para-hydroxylation sites is 2. The number of hydrogen-bond donors (Lipinski definition) is 0. The van der Waals surface area contributed by atoms with Crippen LogP contribution in [0.5, 0.6) is 11.5 Å². The van der Waals surface area contributed by atoms with E-state index in [9.17, 15) is 4.57 Å². The first-order valence-electron chi connectivity index (χ1n) is 7.32. The van der Waals surface area contributed by atoms with Crippen molar-refractivity contribution >= 4 is 19.2 Å². The zero-order chi connectivity index (χ0) is 16.0. The van der Waals surface area contributed by atoms with Crippen LogP contribution in [-0.4, -0.2) is 6.16 Å². The Bertz CT molecular complexity index is 621. The molecule has 0 bridgehead atoms. The largest absolute Gasteiger partial charge is 0.430 e. The van der Waals surface area contributed by atoms with Gasteiger partial charge in [-0.15, -0.1) is 0 Å². The molecule has 0 fully saturated rings. The highest BCUT2D eigenvalue weighted by atomic mass is 35.5. The zero-order valence-corrected chi connectivity index (χ0v) is 14.4. The van der Waals surface area contributed by atoms with Gasteiger partial charge in [-0.2, -0.15) is 0 Å². The van der Waals surface area contributed by atoms with Crippen LogP contribution in [0.4, 0.5) is 0 Å². The molecular weight excluding hydrogens is 319 g/mol. The van der Waals surface area contributed by atoms with Crippen LogP contribution in [0.15, 0.2) is 48.5 Å². The van der Waals surface area contributed by atoms with Crippen LogP contribution in [0.1, 0.15) is 25.3 Å². The van der Waals surface area contributed by atoms with E-state index < -0.39 is 7.60 Å². The fourth-order valence-electron chi connectivity index (χ4n) is 1.94. The molecule has 1 atom stereocenters. The molecule has 0 aliphatic carbocycles. The molecule has 0 amide bonds. The number of benzene rings is 2. The van der Waals surface area contributed by atoms with Crippen LogP contribution in [0, 0.1) is 6.92 Å². The van der Waals surface area contributed by atoms with Gasteiger partial charge in [0.2, 0.25) is 0 Å². The Balaban J connectivity index is 2.26. The Morgan fingerprint density at radius 2 is 1.59 bits per heavy atom. The second-order valence-electron chi connectivity index (χ2n) is 5.07. The van der Waals surface area contributed by atoms with Gasteiger partial charge in [-0.1, -0.05) is 55.3 Å². The quantitative estimate of drug-likeness (QED) is 0.572. The van der Waals surface area contributed by atoms with Gasteiger partial charge < -0.3 is 9.05 Å². The molecule has 2 aromatic carbocycles. The van der Waals surface area contributed by atoms with E-state index in [1.807, 2.05) is 32.0 Å². The predicted octanol–water partition coefficient (Wildman–Crippen LogP) is 6.10. The summed E-state index contributed by atoms with van der Waals surface area (Å²) >= 11 is 6.10. The van der Waals surface area contributed by atoms with Crippen molar-refractivity contribution in [2.45, 2.75) is 26.7 Å².